The second-order valence-electron chi connectivity index (χ2n) is 6.77. The van der Waals surface area contributed by atoms with Crippen molar-refractivity contribution in [2.24, 2.45) is 0 Å². The Morgan fingerprint density at radius 2 is 1.45 bits per heavy atom. The Morgan fingerprint density at radius 3 is 2.03 bits per heavy atom. The van der Waals surface area contributed by atoms with Gasteiger partial charge in [0, 0.05) is 18.6 Å². The minimum Gasteiger partial charge on any atom is -0.465 e. The van der Waals surface area contributed by atoms with Crippen LogP contribution in [0, 0.1) is 11.8 Å². The first kappa shape index (κ1) is 24.7. The minimum absolute atomic E-state index is 0.197. The maximum absolute atomic E-state index is 12.4. The Bertz CT molecular complexity index is 653. The predicted octanol–water partition coefficient (Wildman–Crippen LogP) is 4.36. The standard InChI is InChI=1S/C24H34O5/c1-3-28-23(26)22(24(27)29-4-2)21-18-14-13-17-20(21)16-12-10-8-6-5-7-9-11-15-19-25/h13-14,17-18,22,25H,3-11,15,19H2,1-2H3. The second kappa shape index (κ2) is 15.6. The number of ether oxygens (including phenoxy) is 2. The summed E-state index contributed by atoms with van der Waals surface area (Å²) in [6.45, 7) is 4.09. The van der Waals surface area contributed by atoms with Gasteiger partial charge in [0.2, 0.25) is 0 Å². The van der Waals surface area contributed by atoms with Gasteiger partial charge in [-0.25, -0.2) is 0 Å². The van der Waals surface area contributed by atoms with Gasteiger partial charge in [0.15, 0.2) is 5.92 Å². The Kier molecular flexibility index (Phi) is 13.3. The number of benzene rings is 1. The third kappa shape index (κ3) is 9.62. The molecule has 0 fully saturated rings. The Morgan fingerprint density at radius 1 is 0.897 bits per heavy atom. The smallest absolute Gasteiger partial charge is 0.324 e. The highest BCUT2D eigenvalue weighted by molar-refractivity contribution is 6.01. The van der Waals surface area contributed by atoms with Gasteiger partial charge in [0.1, 0.15) is 0 Å². The molecule has 0 radical (unpaired) electrons. The third-order valence-electron chi connectivity index (χ3n) is 4.50. The molecular weight excluding hydrogens is 368 g/mol. The fraction of sp³-hybridized carbons (Fsp3) is 0.583. The lowest BCUT2D eigenvalue weighted by Gasteiger charge is -2.16. The zero-order valence-electron chi connectivity index (χ0n) is 17.7. The largest absolute Gasteiger partial charge is 0.465 e. The van der Waals surface area contributed by atoms with Crippen LogP contribution in [0.25, 0.3) is 0 Å². The third-order valence-corrected chi connectivity index (χ3v) is 4.50. The van der Waals surface area contributed by atoms with Gasteiger partial charge in [0.05, 0.1) is 13.2 Å². The van der Waals surface area contributed by atoms with Crippen molar-refractivity contribution < 1.29 is 24.2 Å². The first-order valence-electron chi connectivity index (χ1n) is 10.7. The lowest BCUT2D eigenvalue weighted by Crippen LogP contribution is -2.26. The summed E-state index contributed by atoms with van der Waals surface area (Å²) in [6.07, 6.45) is 8.45. The zero-order chi connectivity index (χ0) is 21.3. The Hall–Kier alpha value is -2.32. The molecule has 29 heavy (non-hydrogen) atoms. The molecule has 0 aliphatic rings. The van der Waals surface area contributed by atoms with E-state index in [0.29, 0.717) is 11.1 Å². The van der Waals surface area contributed by atoms with Gasteiger partial charge in [-0.05, 0) is 38.3 Å². The summed E-state index contributed by atoms with van der Waals surface area (Å²) in [5.74, 6) is 3.94. The number of rotatable bonds is 13. The van der Waals surface area contributed by atoms with Crippen LogP contribution < -0.4 is 0 Å². The predicted molar refractivity (Wildman–Crippen MR) is 113 cm³/mol. The lowest BCUT2D eigenvalue weighted by atomic mass is 9.94. The van der Waals surface area contributed by atoms with Crippen LogP contribution in [-0.4, -0.2) is 36.9 Å². The fourth-order valence-corrected chi connectivity index (χ4v) is 3.03. The molecule has 5 heteroatoms. The summed E-state index contributed by atoms with van der Waals surface area (Å²) >= 11 is 0. The van der Waals surface area contributed by atoms with Crippen LogP contribution in [-0.2, 0) is 19.1 Å². The molecule has 160 valence electrons. The number of carbonyl (C=O) groups excluding carboxylic acids is 2. The summed E-state index contributed by atoms with van der Waals surface area (Å²) in [5.41, 5.74) is 1.18. The molecule has 0 atom stereocenters. The van der Waals surface area contributed by atoms with Gasteiger partial charge >= 0.3 is 11.9 Å². The summed E-state index contributed by atoms with van der Waals surface area (Å²) in [7, 11) is 0. The van der Waals surface area contributed by atoms with Crippen molar-refractivity contribution in [3.8, 4) is 11.8 Å². The highest BCUT2D eigenvalue weighted by Gasteiger charge is 2.32. The topological polar surface area (TPSA) is 72.8 Å². The molecule has 0 saturated carbocycles. The van der Waals surface area contributed by atoms with Crippen LogP contribution >= 0.6 is 0 Å². The summed E-state index contributed by atoms with van der Waals surface area (Å²) in [6, 6.07) is 7.17. The van der Waals surface area contributed by atoms with E-state index in [1.165, 1.54) is 19.3 Å². The zero-order valence-corrected chi connectivity index (χ0v) is 17.7. The van der Waals surface area contributed by atoms with Crippen LogP contribution in [0.2, 0.25) is 0 Å². The van der Waals surface area contributed by atoms with E-state index in [1.54, 1.807) is 26.0 Å². The number of esters is 2. The molecule has 0 aliphatic carbocycles. The molecule has 0 unspecified atom stereocenters. The maximum atomic E-state index is 12.4. The van der Waals surface area contributed by atoms with Crippen molar-refractivity contribution in [2.75, 3.05) is 19.8 Å². The second-order valence-corrected chi connectivity index (χ2v) is 6.77. The van der Waals surface area contributed by atoms with Crippen LogP contribution in [0.15, 0.2) is 24.3 Å². The van der Waals surface area contributed by atoms with E-state index in [4.69, 9.17) is 14.6 Å². The average molecular weight is 403 g/mol. The molecule has 0 heterocycles. The van der Waals surface area contributed by atoms with E-state index in [0.717, 1.165) is 32.1 Å². The molecule has 1 aromatic carbocycles. The SMILES string of the molecule is CCOC(=O)C(C(=O)OCC)c1ccccc1C#CCCCCCCCCCO. The first-order chi connectivity index (χ1) is 14.2. The number of aliphatic hydroxyl groups is 1. The fourth-order valence-electron chi connectivity index (χ4n) is 3.03. The Labute approximate surface area is 174 Å². The quantitative estimate of drug-likeness (QED) is 0.230. The van der Waals surface area contributed by atoms with Crippen molar-refractivity contribution in [1.29, 1.82) is 0 Å². The molecule has 0 saturated heterocycles. The van der Waals surface area contributed by atoms with Crippen LogP contribution in [0.3, 0.4) is 0 Å². The summed E-state index contributed by atoms with van der Waals surface area (Å²) < 4.78 is 10.2. The van der Waals surface area contributed by atoms with Crippen LogP contribution in [0.5, 0.6) is 0 Å². The van der Waals surface area contributed by atoms with Crippen molar-refractivity contribution in [1.82, 2.24) is 0 Å². The van der Waals surface area contributed by atoms with E-state index in [-0.39, 0.29) is 19.8 Å². The molecule has 0 amide bonds. The average Bonchev–Trinajstić information content (AvgIpc) is 2.71. The molecule has 5 nitrogen and oxygen atoms in total. The highest BCUT2D eigenvalue weighted by Crippen LogP contribution is 2.23. The highest BCUT2D eigenvalue weighted by atomic mass is 16.6. The van der Waals surface area contributed by atoms with Gasteiger partial charge in [-0.2, -0.15) is 0 Å². The molecule has 1 aromatic rings. The molecular formula is C24H34O5. The molecule has 0 aromatic heterocycles. The van der Waals surface area contributed by atoms with Crippen molar-refractivity contribution in [3.05, 3.63) is 35.4 Å². The number of aliphatic hydroxyl groups excluding tert-OH is 1. The maximum Gasteiger partial charge on any atom is 0.324 e. The van der Waals surface area contributed by atoms with Crippen molar-refractivity contribution in [3.63, 3.8) is 0 Å². The van der Waals surface area contributed by atoms with Gasteiger partial charge in [0.25, 0.3) is 0 Å². The number of hydrogen-bond donors (Lipinski definition) is 1. The van der Waals surface area contributed by atoms with Crippen molar-refractivity contribution in [2.45, 2.75) is 71.1 Å². The van der Waals surface area contributed by atoms with E-state index in [9.17, 15) is 9.59 Å². The van der Waals surface area contributed by atoms with Gasteiger partial charge in [-0.1, -0.05) is 62.1 Å². The molecule has 1 rings (SSSR count). The van der Waals surface area contributed by atoms with E-state index >= 15 is 0 Å². The van der Waals surface area contributed by atoms with Gasteiger partial charge < -0.3 is 14.6 Å². The number of hydrogen-bond acceptors (Lipinski definition) is 5. The van der Waals surface area contributed by atoms with E-state index in [2.05, 4.69) is 11.8 Å². The summed E-state index contributed by atoms with van der Waals surface area (Å²) in [4.78, 5) is 24.7. The normalized spacial score (nSPS) is 10.3. The molecule has 0 aliphatic heterocycles. The van der Waals surface area contributed by atoms with Crippen LogP contribution in [0.1, 0.15) is 82.3 Å². The monoisotopic (exact) mass is 402 g/mol. The minimum atomic E-state index is -1.11. The van der Waals surface area contributed by atoms with Crippen molar-refractivity contribution >= 4 is 11.9 Å². The molecule has 0 spiro atoms. The first-order valence-corrected chi connectivity index (χ1v) is 10.7. The molecule has 0 bridgehead atoms. The van der Waals surface area contributed by atoms with Gasteiger partial charge in [-0.15, -0.1) is 0 Å². The lowest BCUT2D eigenvalue weighted by molar-refractivity contribution is -0.156. The Balaban J connectivity index is 2.69. The van der Waals surface area contributed by atoms with Gasteiger partial charge in [-0.3, -0.25) is 9.59 Å². The van der Waals surface area contributed by atoms with Crippen LogP contribution in [0.4, 0.5) is 0 Å². The van der Waals surface area contributed by atoms with E-state index in [1.807, 2.05) is 12.1 Å². The van der Waals surface area contributed by atoms with E-state index < -0.39 is 17.9 Å². The summed E-state index contributed by atoms with van der Waals surface area (Å²) in [5, 5.41) is 8.76. The number of carbonyl (C=O) groups is 2. The number of unbranched alkanes of at least 4 members (excludes halogenated alkanes) is 7. The molecule has 1 N–H and O–H groups in total.